The first-order valence-electron chi connectivity index (χ1n) is 7.78. The molecule has 0 aromatic carbocycles. The highest BCUT2D eigenvalue weighted by Crippen LogP contribution is 2.34. The Morgan fingerprint density at radius 3 is 2.76 bits per heavy atom. The number of carboxylic acid groups (broad SMARTS) is 1. The molecule has 1 aliphatic heterocycles. The lowest BCUT2D eigenvalue weighted by molar-refractivity contribution is -0.147. The summed E-state index contributed by atoms with van der Waals surface area (Å²) in [5, 5.41) is 12.5. The van der Waals surface area contributed by atoms with Crippen molar-refractivity contribution >= 4 is 34.1 Å². The lowest BCUT2D eigenvalue weighted by atomic mass is 9.90. The van der Waals surface area contributed by atoms with Gasteiger partial charge in [-0.05, 0) is 44.0 Å². The van der Waals surface area contributed by atoms with Crippen molar-refractivity contribution in [1.29, 1.82) is 0 Å². The van der Waals surface area contributed by atoms with Crippen LogP contribution < -0.4 is 5.32 Å². The number of aliphatic carboxylic acids is 1. The van der Waals surface area contributed by atoms with Gasteiger partial charge in [0, 0.05) is 13.1 Å². The molecule has 2 aromatic heterocycles. The lowest BCUT2D eigenvalue weighted by Gasteiger charge is -2.19. The summed E-state index contributed by atoms with van der Waals surface area (Å²) in [4.78, 5) is 38.1. The van der Waals surface area contributed by atoms with Crippen LogP contribution in [-0.2, 0) is 4.79 Å². The third kappa shape index (κ3) is 3.30. The maximum atomic E-state index is 12.7. The predicted molar refractivity (Wildman–Crippen MR) is 92.0 cm³/mol. The first-order valence-corrected chi connectivity index (χ1v) is 8.60. The quantitative estimate of drug-likeness (QED) is 0.871. The molecule has 1 unspecified atom stereocenters. The Morgan fingerprint density at radius 1 is 1.40 bits per heavy atom. The molecule has 2 amide bonds. The van der Waals surface area contributed by atoms with Gasteiger partial charge in [0.15, 0.2) is 5.76 Å². The molecule has 8 heteroatoms. The number of anilines is 1. The van der Waals surface area contributed by atoms with E-state index in [0.717, 1.165) is 5.56 Å². The molecule has 0 aliphatic carbocycles. The Bertz CT molecular complexity index is 826. The number of thiophene rings is 1. The van der Waals surface area contributed by atoms with E-state index in [1.54, 1.807) is 36.9 Å². The average molecular weight is 362 g/mol. The number of rotatable bonds is 4. The molecule has 132 valence electrons. The van der Waals surface area contributed by atoms with Crippen molar-refractivity contribution in [2.75, 3.05) is 18.4 Å². The molecule has 0 bridgehead atoms. The van der Waals surface area contributed by atoms with Crippen LogP contribution >= 0.6 is 11.3 Å². The van der Waals surface area contributed by atoms with Crippen LogP contribution in [0.25, 0.3) is 0 Å². The minimum Gasteiger partial charge on any atom is -0.481 e. The third-order valence-electron chi connectivity index (χ3n) is 4.37. The smallest absolute Gasteiger partial charge is 0.311 e. The van der Waals surface area contributed by atoms with E-state index in [9.17, 15) is 19.5 Å². The molecule has 0 spiro atoms. The number of aryl methyl sites for hydroxylation is 1. The van der Waals surface area contributed by atoms with Crippen molar-refractivity contribution in [3.8, 4) is 0 Å². The van der Waals surface area contributed by atoms with Gasteiger partial charge in [0.2, 0.25) is 0 Å². The number of carbonyl (C=O) groups excluding carboxylic acids is 2. The molecule has 1 atom stereocenters. The molecule has 2 aromatic rings. The van der Waals surface area contributed by atoms with Gasteiger partial charge in [-0.25, -0.2) is 0 Å². The molecular formula is C17H18N2O5S. The molecule has 25 heavy (non-hydrogen) atoms. The Kier molecular flexibility index (Phi) is 4.38. The van der Waals surface area contributed by atoms with Gasteiger partial charge >= 0.3 is 5.97 Å². The number of amides is 2. The summed E-state index contributed by atoms with van der Waals surface area (Å²) in [6, 6.07) is 4.90. The van der Waals surface area contributed by atoms with Gasteiger partial charge in [0.1, 0.15) is 0 Å². The van der Waals surface area contributed by atoms with Crippen molar-refractivity contribution in [2.45, 2.75) is 20.3 Å². The fourth-order valence-corrected chi connectivity index (χ4v) is 3.83. The molecule has 3 heterocycles. The SMILES string of the molecule is Cc1cc(NC(=O)c2ccco2)sc1C(=O)N1CCC(C)(C(=O)O)C1. The number of furan rings is 1. The monoisotopic (exact) mass is 362 g/mol. The molecule has 1 fully saturated rings. The van der Waals surface area contributed by atoms with Gasteiger partial charge < -0.3 is 19.7 Å². The Labute approximate surface area is 148 Å². The van der Waals surface area contributed by atoms with Crippen LogP contribution in [0.5, 0.6) is 0 Å². The fraction of sp³-hybridized carbons (Fsp3) is 0.353. The zero-order chi connectivity index (χ0) is 18.2. The van der Waals surface area contributed by atoms with Gasteiger partial charge in [0.25, 0.3) is 11.8 Å². The standard InChI is InChI=1S/C17H18N2O5S/c1-10-8-12(18-14(20)11-4-3-7-24-11)25-13(10)15(21)19-6-5-17(2,9-19)16(22)23/h3-4,7-8H,5-6,9H2,1-2H3,(H,18,20)(H,22,23). The van der Waals surface area contributed by atoms with Crippen molar-refractivity contribution in [3.05, 3.63) is 40.7 Å². The van der Waals surface area contributed by atoms with Gasteiger partial charge in [-0.15, -0.1) is 11.3 Å². The van der Waals surface area contributed by atoms with E-state index in [4.69, 9.17) is 4.42 Å². The number of carbonyl (C=O) groups is 3. The summed E-state index contributed by atoms with van der Waals surface area (Å²) in [6.07, 6.45) is 1.84. The molecule has 0 radical (unpaired) electrons. The second kappa shape index (κ2) is 6.36. The van der Waals surface area contributed by atoms with Gasteiger partial charge in [-0.2, -0.15) is 0 Å². The third-order valence-corrected chi connectivity index (χ3v) is 5.51. The lowest BCUT2D eigenvalue weighted by Crippen LogP contribution is -2.34. The Morgan fingerprint density at radius 2 is 2.16 bits per heavy atom. The van der Waals surface area contributed by atoms with Crippen LogP contribution in [0, 0.1) is 12.3 Å². The summed E-state index contributed by atoms with van der Waals surface area (Å²) < 4.78 is 5.04. The van der Waals surface area contributed by atoms with Crippen molar-refractivity contribution in [2.24, 2.45) is 5.41 Å². The maximum Gasteiger partial charge on any atom is 0.311 e. The van der Waals surface area contributed by atoms with E-state index >= 15 is 0 Å². The first kappa shape index (κ1) is 17.2. The second-order valence-corrected chi connectivity index (χ2v) is 7.45. The number of nitrogens with zero attached hydrogens (tertiary/aromatic N) is 1. The topological polar surface area (TPSA) is 99.9 Å². The number of likely N-dealkylation sites (tertiary alicyclic amines) is 1. The zero-order valence-electron chi connectivity index (χ0n) is 13.9. The van der Waals surface area contributed by atoms with Crippen molar-refractivity contribution in [3.63, 3.8) is 0 Å². The zero-order valence-corrected chi connectivity index (χ0v) is 14.7. The van der Waals surface area contributed by atoms with Crippen LogP contribution in [0.1, 0.15) is 39.1 Å². The number of carboxylic acids is 1. The van der Waals surface area contributed by atoms with E-state index in [1.165, 1.54) is 17.6 Å². The van der Waals surface area contributed by atoms with E-state index in [0.29, 0.717) is 22.8 Å². The van der Waals surface area contributed by atoms with E-state index < -0.39 is 11.4 Å². The van der Waals surface area contributed by atoms with E-state index in [2.05, 4.69) is 5.32 Å². The molecule has 3 rings (SSSR count). The average Bonchev–Trinajstić information content (AvgIpc) is 3.27. The first-order chi connectivity index (χ1) is 11.8. The highest BCUT2D eigenvalue weighted by molar-refractivity contribution is 7.18. The van der Waals surface area contributed by atoms with Crippen LogP contribution in [0.15, 0.2) is 28.9 Å². The molecule has 0 saturated carbocycles. The van der Waals surface area contributed by atoms with E-state index in [1.807, 2.05) is 0 Å². The molecule has 1 saturated heterocycles. The van der Waals surface area contributed by atoms with Crippen LogP contribution in [0.2, 0.25) is 0 Å². The fourth-order valence-electron chi connectivity index (χ4n) is 2.79. The summed E-state index contributed by atoms with van der Waals surface area (Å²) in [5.41, 5.74) is -0.161. The highest BCUT2D eigenvalue weighted by Gasteiger charge is 2.42. The molecular weight excluding hydrogens is 344 g/mol. The summed E-state index contributed by atoms with van der Waals surface area (Å²) in [7, 11) is 0. The number of hydrogen-bond donors (Lipinski definition) is 2. The van der Waals surface area contributed by atoms with Gasteiger partial charge in [0.05, 0.1) is 21.6 Å². The molecule has 7 nitrogen and oxygen atoms in total. The van der Waals surface area contributed by atoms with Gasteiger partial charge in [-0.3, -0.25) is 14.4 Å². The van der Waals surface area contributed by atoms with Crippen molar-refractivity contribution in [1.82, 2.24) is 4.90 Å². The normalized spacial score (nSPS) is 19.8. The van der Waals surface area contributed by atoms with Crippen molar-refractivity contribution < 1.29 is 23.9 Å². The number of nitrogens with one attached hydrogen (secondary N) is 1. The Balaban J connectivity index is 1.73. The maximum absolute atomic E-state index is 12.7. The second-order valence-electron chi connectivity index (χ2n) is 6.40. The Hall–Kier alpha value is -2.61. The van der Waals surface area contributed by atoms with Crippen LogP contribution in [0.4, 0.5) is 5.00 Å². The summed E-state index contributed by atoms with van der Waals surface area (Å²) in [6.45, 7) is 4.04. The minimum atomic E-state index is -0.906. The van der Waals surface area contributed by atoms with Gasteiger partial charge in [-0.1, -0.05) is 0 Å². The van der Waals surface area contributed by atoms with Crippen LogP contribution in [0.3, 0.4) is 0 Å². The predicted octanol–water partition coefficient (Wildman–Crippen LogP) is 2.84. The highest BCUT2D eigenvalue weighted by atomic mass is 32.1. The largest absolute Gasteiger partial charge is 0.481 e. The van der Waals surface area contributed by atoms with E-state index in [-0.39, 0.29) is 24.1 Å². The minimum absolute atomic E-state index is 0.187. The number of hydrogen-bond acceptors (Lipinski definition) is 5. The molecule has 2 N–H and O–H groups in total. The summed E-state index contributed by atoms with van der Waals surface area (Å²) >= 11 is 1.18. The summed E-state index contributed by atoms with van der Waals surface area (Å²) in [5.74, 6) is -1.29. The molecule has 1 aliphatic rings. The van der Waals surface area contributed by atoms with Crippen LogP contribution in [-0.4, -0.2) is 40.9 Å².